The molecule has 4 N–H and O–H groups in total. The highest BCUT2D eigenvalue weighted by Crippen LogP contribution is 2.29. The predicted molar refractivity (Wildman–Crippen MR) is 118 cm³/mol. The summed E-state index contributed by atoms with van der Waals surface area (Å²) < 4.78 is 5.84. The molecule has 0 saturated heterocycles. The zero-order valence-corrected chi connectivity index (χ0v) is 19.0. The molecule has 0 aliphatic rings. The summed E-state index contributed by atoms with van der Waals surface area (Å²) in [7, 11) is 0. The molecule has 1 aromatic carbocycles. The van der Waals surface area contributed by atoms with Gasteiger partial charge in [-0.3, -0.25) is 0 Å². The number of aromatic carboxylic acids is 1. The maximum absolute atomic E-state index is 11.4. The molecule has 0 spiro atoms. The van der Waals surface area contributed by atoms with Gasteiger partial charge < -0.3 is 20.8 Å². The maximum Gasteiger partial charge on any atom is 0.131 e. The normalized spacial score (nSPS) is 10.6. The number of aryl methyl sites for hydroxylation is 1. The summed E-state index contributed by atoms with van der Waals surface area (Å²) in [6.07, 6.45) is 15.6. The second-order valence-electron chi connectivity index (χ2n) is 7.85. The van der Waals surface area contributed by atoms with Crippen molar-refractivity contribution in [2.75, 3.05) is 6.61 Å². The van der Waals surface area contributed by atoms with E-state index in [0.29, 0.717) is 12.4 Å². The van der Waals surface area contributed by atoms with Crippen molar-refractivity contribution in [1.29, 1.82) is 0 Å². The van der Waals surface area contributed by atoms with Crippen molar-refractivity contribution in [3.63, 3.8) is 0 Å². The van der Waals surface area contributed by atoms with Crippen LogP contribution < -0.4 is 16.0 Å². The summed E-state index contributed by atoms with van der Waals surface area (Å²) in [5.41, 5.74) is 3.14. The maximum atomic E-state index is 11.4. The van der Waals surface area contributed by atoms with E-state index in [4.69, 9.17) is 4.74 Å². The van der Waals surface area contributed by atoms with Gasteiger partial charge in [0.1, 0.15) is 5.75 Å². The fourth-order valence-electron chi connectivity index (χ4n) is 3.51. The highest BCUT2D eigenvalue weighted by Gasteiger charge is 2.13. The van der Waals surface area contributed by atoms with Crippen molar-refractivity contribution in [2.24, 2.45) is 0 Å². The van der Waals surface area contributed by atoms with Gasteiger partial charge in [0.25, 0.3) is 0 Å². The summed E-state index contributed by atoms with van der Waals surface area (Å²) >= 11 is 0. The second-order valence-corrected chi connectivity index (χ2v) is 7.85. The summed E-state index contributed by atoms with van der Waals surface area (Å²) in [6.45, 7) is 8.67. The Morgan fingerprint density at radius 3 is 1.75 bits per heavy atom. The number of quaternary nitrogens is 1. The lowest BCUT2D eigenvalue weighted by Gasteiger charge is -2.18. The van der Waals surface area contributed by atoms with Crippen molar-refractivity contribution in [3.8, 4) is 5.75 Å². The van der Waals surface area contributed by atoms with Gasteiger partial charge in [0.2, 0.25) is 0 Å². The van der Waals surface area contributed by atoms with E-state index in [1.807, 2.05) is 20.8 Å². The highest BCUT2D eigenvalue weighted by molar-refractivity contribution is 5.90. The Balaban J connectivity index is 0.00000729. The number of carbonyl (C=O) groups is 1. The molecule has 0 fully saturated rings. The van der Waals surface area contributed by atoms with Crippen molar-refractivity contribution in [1.82, 2.24) is 6.15 Å². The molecule has 1 rings (SSSR count). The lowest BCUT2D eigenvalue weighted by Crippen LogP contribution is -2.24. The molecule has 28 heavy (non-hydrogen) atoms. The molecule has 0 amide bonds. The van der Waals surface area contributed by atoms with Crippen LogP contribution in [0.25, 0.3) is 0 Å². The van der Waals surface area contributed by atoms with E-state index in [9.17, 15) is 9.90 Å². The van der Waals surface area contributed by atoms with Crippen LogP contribution in [0.5, 0.6) is 5.75 Å². The summed E-state index contributed by atoms with van der Waals surface area (Å²) in [5.74, 6) is -0.674. The van der Waals surface area contributed by atoms with Crippen LogP contribution in [0.15, 0.2) is 6.07 Å². The molecule has 0 aliphatic carbocycles. The average molecular weight is 394 g/mol. The van der Waals surface area contributed by atoms with Crippen LogP contribution in [0.1, 0.15) is 111 Å². The predicted octanol–water partition coefficient (Wildman–Crippen LogP) is 6.43. The smallest absolute Gasteiger partial charge is 0.131 e. The average Bonchev–Trinajstić information content (AvgIpc) is 2.64. The molecular weight excluding hydrogens is 350 g/mol. The standard InChI is InChI=1S/C24H40O3.H3N/c1-5-6-7-8-9-10-11-12-13-14-15-16-17-27-23-21(4)20(3)19(2)18-22(23)24(25)26;/h18H,5-17H2,1-4H3,(H,25,26);1H3. The lowest BCUT2D eigenvalue weighted by atomic mass is 9.99. The van der Waals surface area contributed by atoms with Gasteiger partial charge in [-0.05, 0) is 49.9 Å². The second kappa shape index (κ2) is 15.4. The highest BCUT2D eigenvalue weighted by atomic mass is 16.5. The Bertz CT molecular complexity index is 569. The number of carbonyl (C=O) groups excluding carboxylic acids is 1. The number of benzene rings is 1. The van der Waals surface area contributed by atoms with E-state index in [-0.39, 0.29) is 11.7 Å². The van der Waals surface area contributed by atoms with E-state index >= 15 is 0 Å². The SMILES string of the molecule is CCCCCCCCCCCCCCOc1c(C(=O)[O-])cc(C)c(C)c1C.[NH4+]. The molecule has 4 heteroatoms. The minimum absolute atomic E-state index is 0. The van der Waals surface area contributed by atoms with E-state index < -0.39 is 5.97 Å². The largest absolute Gasteiger partial charge is 0.545 e. The molecule has 0 bridgehead atoms. The Kier molecular flexibility index (Phi) is 14.5. The number of hydrogen-bond donors (Lipinski definition) is 1. The number of carboxylic acid groups (broad SMARTS) is 1. The molecule has 0 radical (unpaired) electrons. The Morgan fingerprint density at radius 1 is 0.821 bits per heavy atom. The quantitative estimate of drug-likeness (QED) is 0.348. The number of unbranched alkanes of at least 4 members (excludes halogenated alkanes) is 11. The zero-order valence-electron chi connectivity index (χ0n) is 19.0. The third kappa shape index (κ3) is 9.59. The van der Waals surface area contributed by atoms with E-state index in [2.05, 4.69) is 6.92 Å². The zero-order chi connectivity index (χ0) is 20.1. The van der Waals surface area contributed by atoms with Gasteiger partial charge in [-0.2, -0.15) is 0 Å². The number of hydrogen-bond acceptors (Lipinski definition) is 3. The third-order valence-corrected chi connectivity index (χ3v) is 5.56. The summed E-state index contributed by atoms with van der Waals surface area (Å²) in [5, 5.41) is 11.4. The minimum Gasteiger partial charge on any atom is -0.545 e. The van der Waals surface area contributed by atoms with Crippen LogP contribution in [-0.2, 0) is 0 Å². The number of ether oxygens (including phenoxy) is 1. The van der Waals surface area contributed by atoms with Crippen LogP contribution in [0.3, 0.4) is 0 Å². The number of carboxylic acids is 1. The third-order valence-electron chi connectivity index (χ3n) is 5.56. The molecule has 0 unspecified atom stereocenters. The van der Waals surface area contributed by atoms with E-state index in [1.54, 1.807) is 6.07 Å². The Morgan fingerprint density at radius 2 is 1.29 bits per heavy atom. The van der Waals surface area contributed by atoms with Crippen LogP contribution in [0, 0.1) is 20.8 Å². The Labute approximate surface area is 172 Å². The number of rotatable bonds is 15. The van der Waals surface area contributed by atoms with Crippen LogP contribution in [0.2, 0.25) is 0 Å². The van der Waals surface area contributed by atoms with E-state index in [0.717, 1.165) is 29.5 Å². The molecule has 0 aliphatic heterocycles. The van der Waals surface area contributed by atoms with Crippen molar-refractivity contribution in [3.05, 3.63) is 28.3 Å². The fourth-order valence-corrected chi connectivity index (χ4v) is 3.51. The molecule has 162 valence electrons. The molecule has 0 heterocycles. The fraction of sp³-hybridized carbons (Fsp3) is 0.708. The van der Waals surface area contributed by atoms with Gasteiger partial charge in [-0.15, -0.1) is 0 Å². The van der Waals surface area contributed by atoms with Crippen LogP contribution in [0.4, 0.5) is 0 Å². The summed E-state index contributed by atoms with van der Waals surface area (Å²) in [6, 6.07) is 1.66. The molecule has 0 atom stereocenters. The van der Waals surface area contributed by atoms with Crippen LogP contribution >= 0.6 is 0 Å². The molecule has 1 aromatic rings. The molecule has 0 aromatic heterocycles. The first kappa shape index (κ1) is 26.4. The minimum atomic E-state index is -1.16. The van der Waals surface area contributed by atoms with Crippen LogP contribution in [-0.4, -0.2) is 12.6 Å². The van der Waals surface area contributed by atoms with Crippen molar-refractivity contribution in [2.45, 2.75) is 105 Å². The van der Waals surface area contributed by atoms with Crippen molar-refractivity contribution >= 4 is 5.97 Å². The first-order valence-corrected chi connectivity index (χ1v) is 10.9. The van der Waals surface area contributed by atoms with Gasteiger partial charge in [0, 0.05) is 5.56 Å². The topological polar surface area (TPSA) is 85.9 Å². The molecular formula is C24H43NO3. The first-order chi connectivity index (χ1) is 13.0. The lowest BCUT2D eigenvalue weighted by molar-refractivity contribution is -0.255. The van der Waals surface area contributed by atoms with Crippen molar-refractivity contribution < 1.29 is 14.6 Å². The van der Waals surface area contributed by atoms with Gasteiger partial charge in [0.15, 0.2) is 0 Å². The van der Waals surface area contributed by atoms with Gasteiger partial charge in [-0.25, -0.2) is 0 Å². The van der Waals surface area contributed by atoms with Gasteiger partial charge >= 0.3 is 0 Å². The Hall–Kier alpha value is -1.55. The van der Waals surface area contributed by atoms with E-state index in [1.165, 1.54) is 64.2 Å². The molecule has 4 nitrogen and oxygen atoms in total. The summed E-state index contributed by atoms with van der Waals surface area (Å²) in [4.78, 5) is 11.4. The monoisotopic (exact) mass is 393 g/mol. The molecule has 0 saturated carbocycles. The van der Waals surface area contributed by atoms with Gasteiger partial charge in [-0.1, -0.05) is 77.6 Å². The first-order valence-electron chi connectivity index (χ1n) is 10.9. The van der Waals surface area contributed by atoms with Gasteiger partial charge in [0.05, 0.1) is 12.6 Å².